The minimum Gasteiger partial charge on any atom is -0.423 e. The number of benzene rings is 1. The molecule has 110 valence electrons. The summed E-state index contributed by atoms with van der Waals surface area (Å²) < 4.78 is 14.0. The molecule has 0 spiro atoms. The Morgan fingerprint density at radius 3 is 2.70 bits per heavy atom. The van der Waals surface area contributed by atoms with Crippen LogP contribution in [0.5, 0.6) is 0 Å². The molecule has 0 amide bonds. The third-order valence-corrected chi connectivity index (χ3v) is 4.43. The van der Waals surface area contributed by atoms with E-state index in [1.165, 1.54) is 18.9 Å². The van der Waals surface area contributed by atoms with Gasteiger partial charge in [-0.25, -0.2) is 4.39 Å². The lowest BCUT2D eigenvalue weighted by atomic mass is 9.80. The quantitative estimate of drug-likeness (QED) is 0.821. The fourth-order valence-electron chi connectivity index (χ4n) is 2.89. The van der Waals surface area contributed by atoms with Gasteiger partial charge in [0.2, 0.25) is 0 Å². The normalized spacial score (nSPS) is 23.9. The summed E-state index contributed by atoms with van der Waals surface area (Å²) in [4.78, 5) is 2.32. The van der Waals surface area contributed by atoms with Crippen LogP contribution in [0.15, 0.2) is 18.2 Å². The van der Waals surface area contributed by atoms with Crippen LogP contribution in [0.3, 0.4) is 0 Å². The Kier molecular flexibility index (Phi) is 5.19. The SMILES string of the molecule is CCC1CCC(C)N(Cc2ccc(B(O)O)cc2F)C1. The first kappa shape index (κ1) is 15.5. The zero-order valence-corrected chi connectivity index (χ0v) is 12.2. The van der Waals surface area contributed by atoms with Gasteiger partial charge in [0.25, 0.3) is 0 Å². The van der Waals surface area contributed by atoms with Gasteiger partial charge in [-0.1, -0.05) is 25.5 Å². The molecule has 2 atom stereocenters. The van der Waals surface area contributed by atoms with Crippen molar-refractivity contribution in [3.63, 3.8) is 0 Å². The average Bonchev–Trinajstić information content (AvgIpc) is 2.43. The first-order valence-electron chi connectivity index (χ1n) is 7.39. The zero-order valence-electron chi connectivity index (χ0n) is 12.2. The molecule has 1 fully saturated rings. The minimum atomic E-state index is -1.61. The van der Waals surface area contributed by atoms with E-state index in [0.717, 1.165) is 13.0 Å². The first-order chi connectivity index (χ1) is 9.51. The molecular weight excluding hydrogens is 256 g/mol. The van der Waals surface area contributed by atoms with E-state index in [2.05, 4.69) is 18.7 Å². The molecule has 0 aromatic heterocycles. The Morgan fingerprint density at radius 2 is 2.10 bits per heavy atom. The highest BCUT2D eigenvalue weighted by Crippen LogP contribution is 2.25. The van der Waals surface area contributed by atoms with Gasteiger partial charge in [0.05, 0.1) is 0 Å². The van der Waals surface area contributed by atoms with Gasteiger partial charge in [0.1, 0.15) is 5.82 Å². The van der Waals surface area contributed by atoms with Crippen LogP contribution in [0, 0.1) is 11.7 Å². The van der Waals surface area contributed by atoms with Crippen LogP contribution < -0.4 is 5.46 Å². The summed E-state index contributed by atoms with van der Waals surface area (Å²) in [6.07, 6.45) is 3.58. The fraction of sp³-hybridized carbons (Fsp3) is 0.600. The highest BCUT2D eigenvalue weighted by molar-refractivity contribution is 6.58. The molecule has 1 heterocycles. The van der Waals surface area contributed by atoms with Gasteiger partial charge in [-0.3, -0.25) is 4.90 Å². The number of likely N-dealkylation sites (tertiary alicyclic amines) is 1. The summed E-state index contributed by atoms with van der Waals surface area (Å²) >= 11 is 0. The van der Waals surface area contributed by atoms with Crippen LogP contribution in [0.4, 0.5) is 4.39 Å². The monoisotopic (exact) mass is 279 g/mol. The Labute approximate surface area is 120 Å². The smallest absolute Gasteiger partial charge is 0.423 e. The predicted molar refractivity (Wildman–Crippen MR) is 79.1 cm³/mol. The van der Waals surface area contributed by atoms with E-state index < -0.39 is 7.12 Å². The molecule has 20 heavy (non-hydrogen) atoms. The summed E-state index contributed by atoms with van der Waals surface area (Å²) in [5.74, 6) is 0.342. The lowest BCUT2D eigenvalue weighted by molar-refractivity contribution is 0.107. The maximum atomic E-state index is 14.0. The third-order valence-electron chi connectivity index (χ3n) is 4.43. The summed E-state index contributed by atoms with van der Waals surface area (Å²) in [5.41, 5.74) is 0.822. The summed E-state index contributed by atoms with van der Waals surface area (Å²) in [7, 11) is -1.61. The van der Waals surface area contributed by atoms with E-state index in [-0.39, 0.29) is 11.3 Å². The Balaban J connectivity index is 2.08. The minimum absolute atomic E-state index is 0.198. The van der Waals surface area contributed by atoms with Crippen molar-refractivity contribution < 1.29 is 14.4 Å². The number of piperidine rings is 1. The molecule has 1 aromatic rings. The van der Waals surface area contributed by atoms with E-state index in [9.17, 15) is 4.39 Å². The van der Waals surface area contributed by atoms with Gasteiger partial charge in [0, 0.05) is 24.7 Å². The van der Waals surface area contributed by atoms with Crippen molar-refractivity contribution in [3.05, 3.63) is 29.6 Å². The van der Waals surface area contributed by atoms with Crippen molar-refractivity contribution in [3.8, 4) is 0 Å². The van der Waals surface area contributed by atoms with Crippen molar-refractivity contribution >= 4 is 12.6 Å². The predicted octanol–water partition coefficient (Wildman–Crippen LogP) is 1.52. The molecule has 2 N–H and O–H groups in total. The average molecular weight is 279 g/mol. The van der Waals surface area contributed by atoms with E-state index in [1.807, 2.05) is 0 Å². The molecule has 0 bridgehead atoms. The highest BCUT2D eigenvalue weighted by Gasteiger charge is 2.25. The first-order valence-corrected chi connectivity index (χ1v) is 7.39. The number of nitrogens with zero attached hydrogens (tertiary/aromatic N) is 1. The molecule has 0 saturated carbocycles. The summed E-state index contributed by atoms with van der Waals surface area (Å²) in [5, 5.41) is 18.1. The molecule has 5 heteroatoms. The van der Waals surface area contributed by atoms with Gasteiger partial charge in [-0.2, -0.15) is 0 Å². The molecule has 2 rings (SSSR count). The molecule has 1 saturated heterocycles. The van der Waals surface area contributed by atoms with Crippen LogP contribution >= 0.6 is 0 Å². The van der Waals surface area contributed by atoms with Crippen LogP contribution in [0.25, 0.3) is 0 Å². The summed E-state index contributed by atoms with van der Waals surface area (Å²) in [6, 6.07) is 4.92. The maximum absolute atomic E-state index is 14.0. The lowest BCUT2D eigenvalue weighted by Crippen LogP contribution is -2.41. The largest absolute Gasteiger partial charge is 0.488 e. The van der Waals surface area contributed by atoms with Gasteiger partial charge in [0.15, 0.2) is 0 Å². The summed E-state index contributed by atoms with van der Waals surface area (Å²) in [6.45, 7) is 6.00. The maximum Gasteiger partial charge on any atom is 0.488 e. The number of hydrogen-bond acceptors (Lipinski definition) is 3. The molecule has 1 aromatic carbocycles. The molecule has 3 nitrogen and oxygen atoms in total. The van der Waals surface area contributed by atoms with Crippen molar-refractivity contribution in [2.45, 2.75) is 45.7 Å². The topological polar surface area (TPSA) is 43.7 Å². The molecule has 1 aliphatic heterocycles. The van der Waals surface area contributed by atoms with Crippen LogP contribution in [0.2, 0.25) is 0 Å². The highest BCUT2D eigenvalue weighted by atomic mass is 19.1. The van der Waals surface area contributed by atoms with Gasteiger partial charge >= 0.3 is 7.12 Å². The molecule has 2 unspecified atom stereocenters. The second kappa shape index (κ2) is 6.70. The second-order valence-electron chi connectivity index (χ2n) is 5.85. The van der Waals surface area contributed by atoms with Crippen molar-refractivity contribution in [2.75, 3.05) is 6.54 Å². The van der Waals surface area contributed by atoms with Crippen molar-refractivity contribution in [2.24, 2.45) is 5.92 Å². The van der Waals surface area contributed by atoms with Gasteiger partial charge < -0.3 is 10.0 Å². The zero-order chi connectivity index (χ0) is 14.7. The fourth-order valence-corrected chi connectivity index (χ4v) is 2.89. The van der Waals surface area contributed by atoms with Crippen LogP contribution in [-0.4, -0.2) is 34.7 Å². The molecule has 1 aliphatic rings. The van der Waals surface area contributed by atoms with E-state index >= 15 is 0 Å². The van der Waals surface area contributed by atoms with Gasteiger partial charge in [-0.15, -0.1) is 0 Å². The molecule has 0 radical (unpaired) electrons. The molecular formula is C15H23BFNO2. The van der Waals surface area contributed by atoms with E-state index in [4.69, 9.17) is 10.0 Å². The molecule has 0 aliphatic carbocycles. The Bertz CT molecular complexity index is 455. The number of rotatable bonds is 4. The number of hydrogen-bond donors (Lipinski definition) is 2. The van der Waals surface area contributed by atoms with Crippen molar-refractivity contribution in [1.82, 2.24) is 4.90 Å². The van der Waals surface area contributed by atoms with Crippen LogP contribution in [-0.2, 0) is 6.54 Å². The van der Waals surface area contributed by atoms with E-state index in [0.29, 0.717) is 24.1 Å². The van der Waals surface area contributed by atoms with Crippen molar-refractivity contribution in [1.29, 1.82) is 0 Å². The van der Waals surface area contributed by atoms with Crippen LogP contribution in [0.1, 0.15) is 38.7 Å². The third kappa shape index (κ3) is 3.60. The second-order valence-corrected chi connectivity index (χ2v) is 5.85. The standard InChI is InChI=1S/C15H23BFNO2/c1-3-12-5-4-11(2)18(9-12)10-13-6-7-14(16(19)20)8-15(13)17/h6-8,11-12,19-20H,3-5,9-10H2,1-2H3. The lowest BCUT2D eigenvalue weighted by Gasteiger charge is -2.37. The number of halogens is 1. The Hall–Kier alpha value is -0.905. The van der Waals surface area contributed by atoms with E-state index in [1.54, 1.807) is 12.1 Å². The Morgan fingerprint density at radius 1 is 1.35 bits per heavy atom. The van der Waals surface area contributed by atoms with Gasteiger partial charge in [-0.05, 0) is 37.2 Å².